The average Bonchev–Trinajstić information content (AvgIpc) is 1.84. The van der Waals surface area contributed by atoms with Gasteiger partial charge in [-0.1, -0.05) is 6.08 Å². The van der Waals surface area contributed by atoms with Crippen molar-refractivity contribution in [2.75, 3.05) is 13.2 Å². The normalized spacial score (nSPS) is 11.5. The van der Waals surface area contributed by atoms with E-state index in [1.165, 1.54) is 0 Å². The minimum atomic E-state index is -0.219. The predicted molar refractivity (Wildman–Crippen MR) is 43.9 cm³/mol. The van der Waals surface area contributed by atoms with Gasteiger partial charge in [-0.15, -0.1) is 6.58 Å². The maximum absolute atomic E-state index is 5.37. The van der Waals surface area contributed by atoms with Gasteiger partial charge in [0.25, 0.3) is 0 Å². The van der Waals surface area contributed by atoms with Gasteiger partial charge < -0.3 is 4.74 Å². The van der Waals surface area contributed by atoms with Crippen LogP contribution in [-0.2, 0) is 4.74 Å². The molecule has 0 bridgehead atoms. The third-order valence-corrected chi connectivity index (χ3v) is 1.18. The predicted octanol–water partition coefficient (Wildman–Crippen LogP) is 1.53. The van der Waals surface area contributed by atoms with E-state index in [9.17, 15) is 0 Å². The van der Waals surface area contributed by atoms with Crippen LogP contribution in [0.5, 0.6) is 0 Å². The van der Waals surface area contributed by atoms with Crippen LogP contribution in [0.2, 0.25) is 0 Å². The minimum absolute atomic E-state index is 0.219. The highest BCUT2D eigenvalue weighted by Crippen LogP contribution is 2.02. The summed E-state index contributed by atoms with van der Waals surface area (Å²) < 4.78 is 5.37. The van der Waals surface area contributed by atoms with E-state index < -0.39 is 0 Å². The number of nitrogens with one attached hydrogen (secondary N) is 1. The average molecular weight is 143 g/mol. The lowest BCUT2D eigenvalue weighted by atomic mass is 10.3. The number of hydrogen-bond acceptors (Lipinski definition) is 2. The van der Waals surface area contributed by atoms with Crippen molar-refractivity contribution in [1.82, 2.24) is 5.32 Å². The van der Waals surface area contributed by atoms with Gasteiger partial charge in [0.2, 0.25) is 0 Å². The van der Waals surface area contributed by atoms with E-state index in [2.05, 4.69) is 11.9 Å². The fourth-order valence-electron chi connectivity index (χ4n) is 0.730. The molecule has 0 aliphatic heterocycles. The van der Waals surface area contributed by atoms with Crippen LogP contribution in [0.25, 0.3) is 0 Å². The first-order valence-corrected chi connectivity index (χ1v) is 3.62. The summed E-state index contributed by atoms with van der Waals surface area (Å²) in [4.78, 5) is 0. The number of hydrogen-bond donors (Lipinski definition) is 1. The van der Waals surface area contributed by atoms with E-state index in [4.69, 9.17) is 4.74 Å². The van der Waals surface area contributed by atoms with Gasteiger partial charge in [0, 0.05) is 13.2 Å². The summed E-state index contributed by atoms with van der Waals surface area (Å²) in [6.07, 6.45) is 1.82. The molecule has 0 aliphatic rings. The first kappa shape index (κ1) is 9.66. The smallest absolute Gasteiger partial charge is 0.113 e. The van der Waals surface area contributed by atoms with Crippen molar-refractivity contribution in [3.8, 4) is 0 Å². The van der Waals surface area contributed by atoms with Crippen molar-refractivity contribution in [2.24, 2.45) is 0 Å². The van der Waals surface area contributed by atoms with Crippen LogP contribution in [0, 0.1) is 0 Å². The van der Waals surface area contributed by atoms with Gasteiger partial charge in [0.15, 0.2) is 0 Å². The van der Waals surface area contributed by atoms with Gasteiger partial charge >= 0.3 is 0 Å². The first-order valence-electron chi connectivity index (χ1n) is 3.62. The molecular weight excluding hydrogens is 126 g/mol. The highest BCUT2D eigenvalue weighted by atomic mass is 16.5. The van der Waals surface area contributed by atoms with Gasteiger partial charge in [-0.05, 0) is 20.8 Å². The second-order valence-corrected chi connectivity index (χ2v) is 2.61. The largest absolute Gasteiger partial charge is 0.362 e. The van der Waals surface area contributed by atoms with Crippen molar-refractivity contribution in [3.05, 3.63) is 12.7 Å². The van der Waals surface area contributed by atoms with Crippen molar-refractivity contribution in [2.45, 2.75) is 26.5 Å². The van der Waals surface area contributed by atoms with E-state index in [0.717, 1.165) is 13.2 Å². The van der Waals surface area contributed by atoms with E-state index in [0.29, 0.717) is 0 Å². The molecule has 0 fully saturated rings. The molecule has 0 unspecified atom stereocenters. The summed E-state index contributed by atoms with van der Waals surface area (Å²) in [6.45, 7) is 11.1. The molecule has 2 heteroatoms. The molecule has 0 aliphatic carbocycles. The van der Waals surface area contributed by atoms with Crippen molar-refractivity contribution in [3.63, 3.8) is 0 Å². The second-order valence-electron chi connectivity index (χ2n) is 2.61. The maximum Gasteiger partial charge on any atom is 0.113 e. The molecule has 0 amide bonds. The summed E-state index contributed by atoms with van der Waals surface area (Å²) in [5, 5.41) is 3.17. The lowest BCUT2D eigenvalue weighted by Crippen LogP contribution is -2.41. The topological polar surface area (TPSA) is 21.3 Å². The van der Waals surface area contributed by atoms with Crippen LogP contribution in [0.4, 0.5) is 0 Å². The van der Waals surface area contributed by atoms with Crippen molar-refractivity contribution < 1.29 is 4.74 Å². The van der Waals surface area contributed by atoms with Crippen LogP contribution in [-0.4, -0.2) is 18.9 Å². The molecule has 0 aromatic carbocycles. The molecule has 0 atom stereocenters. The van der Waals surface area contributed by atoms with Crippen molar-refractivity contribution >= 4 is 0 Å². The molecule has 0 rings (SSSR count). The molecule has 60 valence electrons. The standard InChI is InChI=1S/C8H17NO/c1-5-7-9-8(3,4)10-6-2/h5,9H,1,6-7H2,2-4H3. The molecule has 1 N–H and O–H groups in total. The highest BCUT2D eigenvalue weighted by molar-refractivity contribution is 4.75. The molecule has 2 nitrogen and oxygen atoms in total. The Morgan fingerprint density at radius 3 is 2.60 bits per heavy atom. The van der Waals surface area contributed by atoms with E-state index in [1.54, 1.807) is 0 Å². The quantitative estimate of drug-likeness (QED) is 0.465. The lowest BCUT2D eigenvalue weighted by molar-refractivity contribution is -0.0336. The molecule has 0 spiro atoms. The van der Waals surface area contributed by atoms with Crippen LogP contribution >= 0.6 is 0 Å². The first-order chi connectivity index (χ1) is 4.62. The van der Waals surface area contributed by atoms with Crippen LogP contribution in [0.1, 0.15) is 20.8 Å². The number of ether oxygens (including phenoxy) is 1. The Labute approximate surface area is 63.3 Å². The Morgan fingerprint density at radius 1 is 1.60 bits per heavy atom. The fraction of sp³-hybridized carbons (Fsp3) is 0.750. The van der Waals surface area contributed by atoms with Crippen molar-refractivity contribution in [1.29, 1.82) is 0 Å². The summed E-state index contributed by atoms with van der Waals surface area (Å²) in [5.41, 5.74) is -0.219. The van der Waals surface area contributed by atoms with Crippen LogP contribution in [0.3, 0.4) is 0 Å². The Morgan fingerprint density at radius 2 is 2.20 bits per heavy atom. The zero-order chi connectivity index (χ0) is 8.04. The third-order valence-electron chi connectivity index (χ3n) is 1.18. The summed E-state index contributed by atoms with van der Waals surface area (Å²) >= 11 is 0. The summed E-state index contributed by atoms with van der Waals surface area (Å²) in [6, 6.07) is 0. The third kappa shape index (κ3) is 4.53. The highest BCUT2D eigenvalue weighted by Gasteiger charge is 2.14. The SMILES string of the molecule is C=CCNC(C)(C)OCC. The summed E-state index contributed by atoms with van der Waals surface area (Å²) in [5.74, 6) is 0. The van der Waals surface area contributed by atoms with E-state index >= 15 is 0 Å². The lowest BCUT2D eigenvalue weighted by Gasteiger charge is -2.25. The molecule has 0 radical (unpaired) electrons. The van der Waals surface area contributed by atoms with Gasteiger partial charge in [-0.3, -0.25) is 5.32 Å². The van der Waals surface area contributed by atoms with E-state index in [1.807, 2.05) is 26.8 Å². The Kier molecular flexibility index (Phi) is 4.32. The van der Waals surface area contributed by atoms with Gasteiger partial charge in [-0.25, -0.2) is 0 Å². The second kappa shape index (κ2) is 4.47. The molecule has 0 heterocycles. The van der Waals surface area contributed by atoms with Gasteiger partial charge in [-0.2, -0.15) is 0 Å². The maximum atomic E-state index is 5.37. The van der Waals surface area contributed by atoms with Crippen LogP contribution in [0.15, 0.2) is 12.7 Å². The minimum Gasteiger partial charge on any atom is -0.362 e. The molecular formula is C8H17NO. The zero-order valence-corrected chi connectivity index (χ0v) is 7.11. The zero-order valence-electron chi connectivity index (χ0n) is 7.11. The van der Waals surface area contributed by atoms with Gasteiger partial charge in [0.05, 0.1) is 0 Å². The number of rotatable bonds is 5. The van der Waals surface area contributed by atoms with Gasteiger partial charge in [0.1, 0.15) is 5.72 Å². The van der Waals surface area contributed by atoms with Crippen LogP contribution < -0.4 is 5.32 Å². The Balaban J connectivity index is 3.51. The van der Waals surface area contributed by atoms with E-state index in [-0.39, 0.29) is 5.72 Å². The Bertz CT molecular complexity index is 99.4. The molecule has 10 heavy (non-hydrogen) atoms. The molecule has 0 saturated heterocycles. The fourth-order valence-corrected chi connectivity index (χ4v) is 0.730. The molecule has 0 aromatic rings. The molecule has 0 aromatic heterocycles. The molecule has 0 saturated carbocycles. The summed E-state index contributed by atoms with van der Waals surface area (Å²) in [7, 11) is 0. The monoisotopic (exact) mass is 143 g/mol. The Hall–Kier alpha value is -0.340.